The van der Waals surface area contributed by atoms with Gasteiger partial charge in [0.05, 0.1) is 6.10 Å². The van der Waals surface area contributed by atoms with Gasteiger partial charge >= 0.3 is 0 Å². The molecule has 1 heterocycles. The normalized spacial score (nSPS) is 22.9. The summed E-state index contributed by atoms with van der Waals surface area (Å²) < 4.78 is 5.42. The fourth-order valence-corrected chi connectivity index (χ4v) is 2.40. The van der Waals surface area contributed by atoms with Crippen molar-refractivity contribution in [3.05, 3.63) is 0 Å². The van der Waals surface area contributed by atoms with Crippen molar-refractivity contribution in [1.82, 2.24) is 5.32 Å². The molecule has 0 atom stereocenters. The Balaban J connectivity index is 0.000000411. The molecule has 0 amide bonds. The van der Waals surface area contributed by atoms with Crippen molar-refractivity contribution >= 4 is 6.29 Å². The molecule has 0 aromatic rings. The highest BCUT2D eigenvalue weighted by Gasteiger charge is 2.37. The number of piperidine rings is 1. The summed E-state index contributed by atoms with van der Waals surface area (Å²) >= 11 is 0. The Hall–Kier alpha value is -0.410. The van der Waals surface area contributed by atoms with Gasteiger partial charge in [-0.05, 0) is 40.5 Å². The van der Waals surface area contributed by atoms with Gasteiger partial charge in [-0.3, -0.25) is 0 Å². The first-order valence-electron chi connectivity index (χ1n) is 6.69. The zero-order chi connectivity index (χ0) is 14.6. The molecule has 0 unspecified atom stereocenters. The molecule has 3 nitrogen and oxygen atoms in total. The number of carbonyl (C=O) groups excluding carboxylic acids is 1. The summed E-state index contributed by atoms with van der Waals surface area (Å²) in [6, 6.07) is 0. The van der Waals surface area contributed by atoms with Crippen LogP contribution in [-0.2, 0) is 9.53 Å². The molecule has 0 bridgehead atoms. The van der Waals surface area contributed by atoms with E-state index in [-0.39, 0.29) is 16.5 Å². The van der Waals surface area contributed by atoms with E-state index < -0.39 is 0 Å². The fourth-order valence-electron chi connectivity index (χ4n) is 2.40. The SMILES string of the molecule is CC(C)(C)C=O.COC1CC(C)(C)NC(C)(C)C1. The summed E-state index contributed by atoms with van der Waals surface area (Å²) in [5.74, 6) is 0. The molecule has 108 valence electrons. The zero-order valence-electron chi connectivity index (χ0n) is 13.4. The maximum absolute atomic E-state index is 9.83. The Bertz CT molecular complexity index is 248. The minimum Gasteiger partial charge on any atom is -0.381 e. The Morgan fingerprint density at radius 3 is 1.67 bits per heavy atom. The molecule has 1 N–H and O–H groups in total. The molecule has 1 saturated heterocycles. The first kappa shape index (κ1) is 17.6. The number of hydrogen-bond acceptors (Lipinski definition) is 3. The van der Waals surface area contributed by atoms with Crippen LogP contribution in [0.2, 0.25) is 0 Å². The van der Waals surface area contributed by atoms with Gasteiger partial charge in [0.2, 0.25) is 0 Å². The lowest BCUT2D eigenvalue weighted by molar-refractivity contribution is -0.113. The van der Waals surface area contributed by atoms with Crippen molar-refractivity contribution in [3.8, 4) is 0 Å². The molecule has 1 aliphatic heterocycles. The zero-order valence-corrected chi connectivity index (χ0v) is 13.4. The van der Waals surface area contributed by atoms with Crippen LogP contribution in [0.5, 0.6) is 0 Å². The van der Waals surface area contributed by atoms with Gasteiger partial charge in [0.1, 0.15) is 6.29 Å². The van der Waals surface area contributed by atoms with E-state index in [0.29, 0.717) is 6.10 Å². The molecule has 3 heteroatoms. The van der Waals surface area contributed by atoms with Gasteiger partial charge in [0.15, 0.2) is 0 Å². The predicted octanol–water partition coefficient (Wildman–Crippen LogP) is 3.17. The lowest BCUT2D eigenvalue weighted by Crippen LogP contribution is -2.59. The van der Waals surface area contributed by atoms with Crippen LogP contribution in [-0.4, -0.2) is 30.6 Å². The first-order valence-corrected chi connectivity index (χ1v) is 6.69. The van der Waals surface area contributed by atoms with Gasteiger partial charge in [-0.2, -0.15) is 0 Å². The van der Waals surface area contributed by atoms with E-state index in [1.165, 1.54) is 0 Å². The molecular weight excluding hydrogens is 226 g/mol. The molecule has 0 radical (unpaired) electrons. The number of carbonyl (C=O) groups is 1. The highest BCUT2D eigenvalue weighted by Crippen LogP contribution is 2.29. The number of methoxy groups -OCH3 is 1. The van der Waals surface area contributed by atoms with Crippen molar-refractivity contribution in [2.24, 2.45) is 5.41 Å². The number of ether oxygens (including phenoxy) is 1. The van der Waals surface area contributed by atoms with Crippen LogP contribution >= 0.6 is 0 Å². The van der Waals surface area contributed by atoms with E-state index in [9.17, 15) is 4.79 Å². The predicted molar refractivity (Wildman–Crippen MR) is 76.8 cm³/mol. The van der Waals surface area contributed by atoms with Crippen LogP contribution in [0.25, 0.3) is 0 Å². The monoisotopic (exact) mass is 257 g/mol. The third-order valence-corrected chi connectivity index (χ3v) is 2.84. The van der Waals surface area contributed by atoms with Crippen molar-refractivity contribution in [2.75, 3.05) is 7.11 Å². The summed E-state index contributed by atoms with van der Waals surface area (Å²) in [5, 5.41) is 3.62. The van der Waals surface area contributed by atoms with Gasteiger partial charge in [0, 0.05) is 23.6 Å². The van der Waals surface area contributed by atoms with Crippen LogP contribution < -0.4 is 5.32 Å². The van der Waals surface area contributed by atoms with Gasteiger partial charge in [0.25, 0.3) is 0 Å². The molecule has 0 aromatic heterocycles. The molecule has 0 aliphatic carbocycles. The molecule has 0 saturated carbocycles. The van der Waals surface area contributed by atoms with E-state index in [0.717, 1.165) is 19.1 Å². The lowest BCUT2D eigenvalue weighted by atomic mass is 9.81. The standard InChI is InChI=1S/C10H21NO.C5H10O/c1-9(2)6-8(12-5)7-10(3,4)11-9;1-5(2,3)4-6/h8,11H,6-7H2,1-5H3;4H,1-3H3. The number of rotatable bonds is 1. The molecule has 18 heavy (non-hydrogen) atoms. The van der Waals surface area contributed by atoms with Crippen molar-refractivity contribution in [3.63, 3.8) is 0 Å². The summed E-state index contributed by atoms with van der Waals surface area (Å²) in [4.78, 5) is 9.83. The van der Waals surface area contributed by atoms with Crippen LogP contribution in [0, 0.1) is 5.41 Å². The quantitative estimate of drug-likeness (QED) is 0.733. The van der Waals surface area contributed by atoms with Gasteiger partial charge in [-0.15, -0.1) is 0 Å². The van der Waals surface area contributed by atoms with Crippen LogP contribution in [0.15, 0.2) is 0 Å². The maximum atomic E-state index is 9.83. The molecule has 1 rings (SSSR count). The van der Waals surface area contributed by atoms with Crippen LogP contribution in [0.4, 0.5) is 0 Å². The Labute approximate surface area is 113 Å². The molecular formula is C15H31NO2. The minimum absolute atomic E-state index is 0.139. The molecule has 1 aliphatic rings. The van der Waals surface area contributed by atoms with Gasteiger partial charge < -0.3 is 14.8 Å². The Kier molecular flexibility index (Phi) is 6.02. The topological polar surface area (TPSA) is 38.3 Å². The van der Waals surface area contributed by atoms with Crippen molar-refractivity contribution in [2.45, 2.75) is 78.5 Å². The summed E-state index contributed by atoms with van der Waals surface area (Å²) in [7, 11) is 1.81. The smallest absolute Gasteiger partial charge is 0.125 e. The summed E-state index contributed by atoms with van der Waals surface area (Å²) in [5.41, 5.74) is 0.283. The van der Waals surface area contributed by atoms with Gasteiger partial charge in [-0.1, -0.05) is 20.8 Å². The highest BCUT2D eigenvalue weighted by atomic mass is 16.5. The third-order valence-electron chi connectivity index (χ3n) is 2.84. The van der Waals surface area contributed by atoms with E-state index in [4.69, 9.17) is 4.74 Å². The van der Waals surface area contributed by atoms with E-state index in [1.54, 1.807) is 0 Å². The number of nitrogens with one attached hydrogen (secondary N) is 1. The lowest BCUT2D eigenvalue weighted by Gasteiger charge is -2.45. The fraction of sp³-hybridized carbons (Fsp3) is 0.933. The highest BCUT2D eigenvalue weighted by molar-refractivity contribution is 5.56. The Morgan fingerprint density at radius 2 is 1.44 bits per heavy atom. The van der Waals surface area contributed by atoms with Crippen LogP contribution in [0.1, 0.15) is 61.3 Å². The average molecular weight is 257 g/mol. The van der Waals surface area contributed by atoms with Gasteiger partial charge in [-0.25, -0.2) is 0 Å². The second-order valence-corrected chi connectivity index (χ2v) is 7.64. The van der Waals surface area contributed by atoms with Crippen LogP contribution in [0.3, 0.4) is 0 Å². The maximum Gasteiger partial charge on any atom is 0.125 e. The van der Waals surface area contributed by atoms with Crippen molar-refractivity contribution < 1.29 is 9.53 Å². The first-order chi connectivity index (χ1) is 7.91. The Morgan fingerprint density at radius 1 is 1.11 bits per heavy atom. The van der Waals surface area contributed by atoms with E-state index in [2.05, 4.69) is 33.0 Å². The molecule has 0 aromatic carbocycles. The summed E-state index contributed by atoms with van der Waals surface area (Å²) in [6.45, 7) is 14.6. The summed E-state index contributed by atoms with van der Waals surface area (Å²) in [6.07, 6.45) is 3.56. The number of aldehydes is 1. The van der Waals surface area contributed by atoms with E-state index in [1.807, 2.05) is 27.9 Å². The third kappa shape index (κ3) is 7.83. The largest absolute Gasteiger partial charge is 0.381 e. The van der Waals surface area contributed by atoms with Crippen molar-refractivity contribution in [1.29, 1.82) is 0 Å². The number of hydrogen-bond donors (Lipinski definition) is 1. The second kappa shape index (κ2) is 6.16. The molecule has 0 spiro atoms. The molecule has 1 fully saturated rings. The average Bonchev–Trinajstić information content (AvgIpc) is 2.12. The second-order valence-electron chi connectivity index (χ2n) is 7.64. The minimum atomic E-state index is -0.139. The van der Waals surface area contributed by atoms with E-state index >= 15 is 0 Å².